The molecule has 0 radical (unpaired) electrons. The molecule has 2 heterocycles. The number of imidazole rings is 1. The number of para-hydroxylation sites is 1. The van der Waals surface area contributed by atoms with Crippen LogP contribution in [0, 0.1) is 0 Å². The second kappa shape index (κ2) is 8.99. The molecule has 4 aromatic rings. The number of furan rings is 1. The van der Waals surface area contributed by atoms with Crippen molar-refractivity contribution in [2.24, 2.45) is 0 Å². The average Bonchev–Trinajstić information content (AvgIpc) is 3.38. The standard InChI is InChI=1S/C24H28N4O4S/c1-5-28-20-11-10-18(33(30,31)27(3)4)15-19(20)26-23(28)12-13-24(29)25-16(2)22-14-17-8-6-7-9-21(17)32-22/h6-11,14-16H,5,12-13H2,1-4H3,(H,25,29). The minimum atomic E-state index is -3.54. The molecule has 2 aromatic carbocycles. The van der Waals surface area contributed by atoms with E-state index in [1.54, 1.807) is 18.2 Å². The van der Waals surface area contributed by atoms with Crippen molar-refractivity contribution in [3.63, 3.8) is 0 Å². The highest BCUT2D eigenvalue weighted by atomic mass is 32.2. The maximum atomic E-state index is 12.6. The Balaban J connectivity index is 1.48. The van der Waals surface area contributed by atoms with Gasteiger partial charge in [0.25, 0.3) is 0 Å². The molecule has 174 valence electrons. The maximum Gasteiger partial charge on any atom is 0.242 e. The molecule has 9 heteroatoms. The lowest BCUT2D eigenvalue weighted by Crippen LogP contribution is -2.26. The van der Waals surface area contributed by atoms with Gasteiger partial charge in [-0.25, -0.2) is 17.7 Å². The molecule has 0 spiro atoms. The fraction of sp³-hybridized carbons (Fsp3) is 0.333. The van der Waals surface area contributed by atoms with E-state index in [4.69, 9.17) is 4.42 Å². The minimum Gasteiger partial charge on any atom is -0.459 e. The first-order valence-corrected chi connectivity index (χ1v) is 12.3. The summed E-state index contributed by atoms with van der Waals surface area (Å²) in [5, 5.41) is 3.99. The quantitative estimate of drug-likeness (QED) is 0.423. The molecule has 1 amide bonds. The van der Waals surface area contributed by atoms with Gasteiger partial charge in [0.2, 0.25) is 15.9 Å². The Morgan fingerprint density at radius 3 is 2.64 bits per heavy atom. The first-order valence-electron chi connectivity index (χ1n) is 10.9. The summed E-state index contributed by atoms with van der Waals surface area (Å²) in [6.07, 6.45) is 0.702. The highest BCUT2D eigenvalue weighted by Crippen LogP contribution is 2.25. The maximum absolute atomic E-state index is 12.6. The van der Waals surface area contributed by atoms with Crippen LogP contribution in [0.25, 0.3) is 22.0 Å². The summed E-state index contributed by atoms with van der Waals surface area (Å²) in [6.45, 7) is 4.56. The molecule has 0 bridgehead atoms. The zero-order valence-electron chi connectivity index (χ0n) is 19.2. The van der Waals surface area contributed by atoms with Gasteiger partial charge < -0.3 is 14.3 Å². The van der Waals surface area contributed by atoms with E-state index in [1.807, 2.05) is 48.7 Å². The van der Waals surface area contributed by atoms with Gasteiger partial charge in [-0.3, -0.25) is 4.79 Å². The Morgan fingerprint density at radius 2 is 1.94 bits per heavy atom. The van der Waals surface area contributed by atoms with Gasteiger partial charge in [-0.1, -0.05) is 18.2 Å². The van der Waals surface area contributed by atoms with Crippen LogP contribution < -0.4 is 5.32 Å². The summed E-state index contributed by atoms with van der Waals surface area (Å²) < 4.78 is 34.0. The van der Waals surface area contributed by atoms with Crippen LogP contribution in [0.4, 0.5) is 0 Å². The number of carbonyl (C=O) groups excluding carboxylic acids is 1. The van der Waals surface area contributed by atoms with E-state index in [-0.39, 0.29) is 23.3 Å². The lowest BCUT2D eigenvalue weighted by molar-refractivity contribution is -0.121. The van der Waals surface area contributed by atoms with Gasteiger partial charge in [0.05, 0.1) is 22.0 Å². The number of amides is 1. The van der Waals surface area contributed by atoms with Gasteiger partial charge in [-0.15, -0.1) is 0 Å². The normalized spacial score (nSPS) is 13.1. The van der Waals surface area contributed by atoms with Crippen LogP contribution in [0.15, 0.2) is 57.8 Å². The Morgan fingerprint density at radius 1 is 1.18 bits per heavy atom. The number of carbonyl (C=O) groups is 1. The first-order chi connectivity index (χ1) is 15.7. The first kappa shape index (κ1) is 23.0. The smallest absolute Gasteiger partial charge is 0.242 e. The zero-order valence-corrected chi connectivity index (χ0v) is 20.0. The van der Waals surface area contributed by atoms with Crippen LogP contribution in [-0.4, -0.2) is 42.3 Å². The van der Waals surface area contributed by atoms with E-state index in [0.717, 1.165) is 22.3 Å². The van der Waals surface area contributed by atoms with Crippen LogP contribution in [0.1, 0.15) is 37.9 Å². The number of fused-ring (bicyclic) bond motifs is 2. The summed E-state index contributed by atoms with van der Waals surface area (Å²) in [6, 6.07) is 14.4. The number of rotatable bonds is 8. The Kier molecular flexibility index (Phi) is 6.27. The Hall–Kier alpha value is -3.17. The van der Waals surface area contributed by atoms with Crippen molar-refractivity contribution in [3.8, 4) is 0 Å². The van der Waals surface area contributed by atoms with Gasteiger partial charge >= 0.3 is 0 Å². The molecular weight excluding hydrogens is 440 g/mol. The summed E-state index contributed by atoms with van der Waals surface area (Å²) in [5.41, 5.74) is 2.24. The fourth-order valence-electron chi connectivity index (χ4n) is 3.90. The summed E-state index contributed by atoms with van der Waals surface area (Å²) in [7, 11) is -0.542. The van der Waals surface area contributed by atoms with E-state index >= 15 is 0 Å². The monoisotopic (exact) mass is 468 g/mol. The third-order valence-corrected chi connectivity index (χ3v) is 7.53. The number of sulfonamides is 1. The number of hydrogen-bond donors (Lipinski definition) is 1. The molecule has 0 aliphatic rings. The topological polar surface area (TPSA) is 97.4 Å². The molecule has 0 saturated heterocycles. The summed E-state index contributed by atoms with van der Waals surface area (Å²) >= 11 is 0. The Labute approximate surface area is 193 Å². The zero-order chi connectivity index (χ0) is 23.8. The third-order valence-electron chi connectivity index (χ3n) is 5.72. The van der Waals surface area contributed by atoms with Gasteiger partial charge in [0, 0.05) is 38.9 Å². The predicted molar refractivity (Wildman–Crippen MR) is 127 cm³/mol. The van der Waals surface area contributed by atoms with Gasteiger partial charge in [0.15, 0.2) is 0 Å². The van der Waals surface area contributed by atoms with Gasteiger partial charge in [-0.05, 0) is 44.2 Å². The molecule has 0 aliphatic carbocycles. The largest absolute Gasteiger partial charge is 0.459 e. The molecule has 2 aromatic heterocycles. The van der Waals surface area contributed by atoms with Crippen LogP contribution in [0.3, 0.4) is 0 Å². The van der Waals surface area contributed by atoms with Crippen molar-refractivity contribution in [3.05, 3.63) is 60.1 Å². The van der Waals surface area contributed by atoms with Crippen molar-refractivity contribution < 1.29 is 17.6 Å². The fourth-order valence-corrected chi connectivity index (χ4v) is 4.82. The van der Waals surface area contributed by atoms with Crippen molar-refractivity contribution >= 4 is 37.9 Å². The molecule has 33 heavy (non-hydrogen) atoms. The lowest BCUT2D eigenvalue weighted by atomic mass is 10.2. The molecule has 8 nitrogen and oxygen atoms in total. The van der Waals surface area contributed by atoms with Crippen molar-refractivity contribution in [1.29, 1.82) is 0 Å². The number of aryl methyl sites for hydroxylation is 2. The predicted octanol–water partition coefficient (Wildman–Crippen LogP) is 3.86. The molecule has 1 atom stereocenters. The van der Waals surface area contributed by atoms with E-state index < -0.39 is 10.0 Å². The van der Waals surface area contributed by atoms with Crippen LogP contribution >= 0.6 is 0 Å². The van der Waals surface area contributed by atoms with E-state index in [2.05, 4.69) is 10.3 Å². The number of aromatic nitrogens is 2. The number of benzene rings is 2. The highest BCUT2D eigenvalue weighted by molar-refractivity contribution is 7.89. The molecule has 0 fully saturated rings. The molecule has 0 saturated carbocycles. The van der Waals surface area contributed by atoms with E-state index in [1.165, 1.54) is 18.4 Å². The van der Waals surface area contributed by atoms with Crippen molar-refractivity contribution in [2.45, 2.75) is 44.2 Å². The van der Waals surface area contributed by atoms with Crippen LogP contribution in [0.2, 0.25) is 0 Å². The third kappa shape index (κ3) is 4.51. The van der Waals surface area contributed by atoms with Crippen LogP contribution in [-0.2, 0) is 27.8 Å². The van der Waals surface area contributed by atoms with E-state index in [9.17, 15) is 13.2 Å². The summed E-state index contributed by atoms with van der Waals surface area (Å²) in [4.78, 5) is 17.5. The lowest BCUT2D eigenvalue weighted by Gasteiger charge is -2.12. The van der Waals surface area contributed by atoms with Gasteiger partial charge in [-0.2, -0.15) is 0 Å². The summed E-state index contributed by atoms with van der Waals surface area (Å²) in [5.74, 6) is 1.35. The number of nitrogens with zero attached hydrogens (tertiary/aromatic N) is 3. The molecule has 1 unspecified atom stereocenters. The van der Waals surface area contributed by atoms with Crippen LogP contribution in [0.5, 0.6) is 0 Å². The molecular formula is C24H28N4O4S. The molecule has 4 rings (SSSR count). The second-order valence-corrected chi connectivity index (χ2v) is 10.3. The SMILES string of the molecule is CCn1c(CCC(=O)NC(C)c2cc3ccccc3o2)nc2cc(S(=O)(=O)N(C)C)ccc21. The average molecular weight is 469 g/mol. The van der Waals surface area contributed by atoms with Gasteiger partial charge in [0.1, 0.15) is 17.2 Å². The second-order valence-electron chi connectivity index (χ2n) is 8.19. The van der Waals surface area contributed by atoms with Crippen molar-refractivity contribution in [1.82, 2.24) is 19.2 Å². The van der Waals surface area contributed by atoms with Crippen molar-refractivity contribution in [2.75, 3.05) is 14.1 Å². The number of hydrogen-bond acceptors (Lipinski definition) is 5. The highest BCUT2D eigenvalue weighted by Gasteiger charge is 2.20. The minimum absolute atomic E-state index is 0.103. The van der Waals surface area contributed by atoms with E-state index in [0.29, 0.717) is 24.2 Å². The Bertz CT molecular complexity index is 1390. The number of nitrogens with one attached hydrogen (secondary N) is 1. The molecule has 0 aliphatic heterocycles. The molecule has 1 N–H and O–H groups in total.